The van der Waals surface area contributed by atoms with Gasteiger partial charge in [0.2, 0.25) is 5.91 Å². The van der Waals surface area contributed by atoms with E-state index in [9.17, 15) is 9.90 Å². The minimum Gasteiger partial charge on any atom is -0.392 e. The maximum atomic E-state index is 11.8. The van der Waals surface area contributed by atoms with Crippen LogP contribution in [0.2, 0.25) is 0 Å². The third kappa shape index (κ3) is 3.08. The zero-order valence-electron chi connectivity index (χ0n) is 11.3. The highest BCUT2D eigenvalue weighted by Crippen LogP contribution is 2.18. The molecule has 6 nitrogen and oxygen atoms in total. The van der Waals surface area contributed by atoms with Gasteiger partial charge in [-0.05, 0) is 18.9 Å². The lowest BCUT2D eigenvalue weighted by molar-refractivity contribution is -0.118. The van der Waals surface area contributed by atoms with Crippen molar-refractivity contribution in [1.82, 2.24) is 15.2 Å². The Morgan fingerprint density at radius 2 is 2.26 bits per heavy atom. The van der Waals surface area contributed by atoms with Crippen LogP contribution in [0.5, 0.6) is 0 Å². The Bertz CT molecular complexity index is 591. The molecular weight excluding hydrogens is 244 g/mol. The van der Waals surface area contributed by atoms with Crippen LogP contribution in [0.3, 0.4) is 0 Å². The van der Waals surface area contributed by atoms with Crippen LogP contribution in [-0.2, 0) is 4.79 Å². The van der Waals surface area contributed by atoms with E-state index in [1.165, 1.54) is 0 Å². The molecule has 2 rings (SSSR count). The Labute approximate surface area is 111 Å². The summed E-state index contributed by atoms with van der Waals surface area (Å²) >= 11 is 0. The molecule has 0 bridgehead atoms. The molecule has 0 spiro atoms. The van der Waals surface area contributed by atoms with Crippen molar-refractivity contribution in [2.45, 2.75) is 33.3 Å². The van der Waals surface area contributed by atoms with Gasteiger partial charge in [0.15, 0.2) is 5.65 Å². The van der Waals surface area contributed by atoms with Crippen LogP contribution in [0.4, 0.5) is 5.69 Å². The van der Waals surface area contributed by atoms with Crippen molar-refractivity contribution < 1.29 is 9.90 Å². The summed E-state index contributed by atoms with van der Waals surface area (Å²) in [5.41, 5.74) is 2.14. The molecule has 0 fully saturated rings. The van der Waals surface area contributed by atoms with Gasteiger partial charge in [-0.2, -0.15) is 5.10 Å². The van der Waals surface area contributed by atoms with Crippen molar-refractivity contribution in [1.29, 1.82) is 0 Å². The SMILES string of the molecule is Cc1[nH]nc2ncc(NC(=O)CC(O)C(C)C)cc12. The summed E-state index contributed by atoms with van der Waals surface area (Å²) in [6, 6.07) is 1.82. The molecule has 0 saturated heterocycles. The number of rotatable bonds is 4. The molecule has 2 aromatic heterocycles. The Hall–Kier alpha value is -1.95. The number of amides is 1. The van der Waals surface area contributed by atoms with E-state index in [1.807, 2.05) is 26.8 Å². The lowest BCUT2D eigenvalue weighted by atomic mass is 10.0. The Kier molecular flexibility index (Phi) is 3.80. The summed E-state index contributed by atoms with van der Waals surface area (Å²) in [5, 5.41) is 20.1. The molecule has 1 amide bonds. The van der Waals surface area contributed by atoms with E-state index in [2.05, 4.69) is 20.5 Å². The number of aliphatic hydroxyl groups is 1. The number of anilines is 1. The van der Waals surface area contributed by atoms with Crippen molar-refractivity contribution >= 4 is 22.6 Å². The lowest BCUT2D eigenvalue weighted by Gasteiger charge is -2.13. The first-order chi connectivity index (χ1) is 8.97. The maximum absolute atomic E-state index is 11.8. The van der Waals surface area contributed by atoms with E-state index < -0.39 is 6.10 Å². The smallest absolute Gasteiger partial charge is 0.227 e. The van der Waals surface area contributed by atoms with Crippen molar-refractivity contribution in [2.75, 3.05) is 5.32 Å². The average Bonchev–Trinajstić information content (AvgIpc) is 2.70. The van der Waals surface area contributed by atoms with Crippen LogP contribution in [-0.4, -0.2) is 32.3 Å². The average molecular weight is 262 g/mol. The molecule has 0 aliphatic heterocycles. The van der Waals surface area contributed by atoms with Gasteiger partial charge < -0.3 is 10.4 Å². The van der Waals surface area contributed by atoms with Gasteiger partial charge in [-0.15, -0.1) is 0 Å². The minimum atomic E-state index is -0.632. The molecule has 0 aliphatic carbocycles. The van der Waals surface area contributed by atoms with Crippen LogP contribution < -0.4 is 5.32 Å². The Balaban J connectivity index is 2.08. The van der Waals surface area contributed by atoms with E-state index in [-0.39, 0.29) is 18.2 Å². The maximum Gasteiger partial charge on any atom is 0.227 e. The fourth-order valence-electron chi connectivity index (χ4n) is 1.73. The van der Waals surface area contributed by atoms with Crippen molar-refractivity contribution in [3.63, 3.8) is 0 Å². The number of aryl methyl sites for hydroxylation is 1. The molecular formula is C13H18N4O2. The molecule has 0 radical (unpaired) electrons. The van der Waals surface area contributed by atoms with Crippen LogP contribution in [0.25, 0.3) is 11.0 Å². The number of carbonyl (C=O) groups excluding carboxylic acids is 1. The number of carbonyl (C=O) groups is 1. The third-order valence-electron chi connectivity index (χ3n) is 3.05. The molecule has 2 heterocycles. The predicted molar refractivity (Wildman–Crippen MR) is 72.7 cm³/mol. The molecule has 3 N–H and O–H groups in total. The zero-order valence-corrected chi connectivity index (χ0v) is 11.3. The van der Waals surface area contributed by atoms with Gasteiger partial charge in [0, 0.05) is 11.1 Å². The fraction of sp³-hybridized carbons (Fsp3) is 0.462. The molecule has 1 atom stereocenters. The monoisotopic (exact) mass is 262 g/mol. The van der Waals surface area contributed by atoms with Crippen molar-refractivity contribution in [3.8, 4) is 0 Å². The second kappa shape index (κ2) is 5.36. The van der Waals surface area contributed by atoms with Gasteiger partial charge in [0.05, 0.1) is 24.4 Å². The molecule has 0 aromatic carbocycles. The molecule has 102 valence electrons. The first kappa shape index (κ1) is 13.5. The van der Waals surface area contributed by atoms with Crippen LogP contribution in [0, 0.1) is 12.8 Å². The number of H-pyrrole nitrogens is 1. The summed E-state index contributed by atoms with van der Waals surface area (Å²) in [6.07, 6.45) is 1.01. The van der Waals surface area contributed by atoms with Gasteiger partial charge in [0.1, 0.15) is 0 Å². The molecule has 1 unspecified atom stereocenters. The number of fused-ring (bicyclic) bond motifs is 1. The van der Waals surface area contributed by atoms with Crippen LogP contribution in [0.1, 0.15) is 26.0 Å². The van der Waals surface area contributed by atoms with E-state index >= 15 is 0 Å². The van der Waals surface area contributed by atoms with Crippen molar-refractivity contribution in [2.24, 2.45) is 5.92 Å². The summed E-state index contributed by atoms with van der Waals surface area (Å²) in [4.78, 5) is 15.9. The van der Waals surface area contributed by atoms with E-state index in [0.29, 0.717) is 11.3 Å². The molecule has 2 aromatic rings. The van der Waals surface area contributed by atoms with E-state index in [0.717, 1.165) is 11.1 Å². The third-order valence-corrected chi connectivity index (χ3v) is 3.05. The molecule has 19 heavy (non-hydrogen) atoms. The highest BCUT2D eigenvalue weighted by Gasteiger charge is 2.14. The van der Waals surface area contributed by atoms with Gasteiger partial charge in [-0.1, -0.05) is 13.8 Å². The number of hydrogen-bond donors (Lipinski definition) is 3. The summed E-state index contributed by atoms with van der Waals surface area (Å²) in [7, 11) is 0. The van der Waals surface area contributed by atoms with Gasteiger partial charge in [0.25, 0.3) is 0 Å². The second-order valence-electron chi connectivity index (χ2n) is 5.01. The summed E-state index contributed by atoms with van der Waals surface area (Å²) < 4.78 is 0. The number of aliphatic hydroxyl groups excluding tert-OH is 1. The first-order valence-corrected chi connectivity index (χ1v) is 6.26. The highest BCUT2D eigenvalue weighted by atomic mass is 16.3. The summed E-state index contributed by atoms with van der Waals surface area (Å²) in [6.45, 7) is 5.64. The lowest BCUT2D eigenvalue weighted by Crippen LogP contribution is -2.23. The first-order valence-electron chi connectivity index (χ1n) is 6.26. The number of pyridine rings is 1. The predicted octanol–water partition coefficient (Wildman–Crippen LogP) is 1.61. The minimum absolute atomic E-state index is 0.0578. The van der Waals surface area contributed by atoms with E-state index in [1.54, 1.807) is 6.20 Å². The second-order valence-corrected chi connectivity index (χ2v) is 5.01. The van der Waals surface area contributed by atoms with Gasteiger partial charge in [-0.25, -0.2) is 4.98 Å². The van der Waals surface area contributed by atoms with E-state index in [4.69, 9.17) is 0 Å². The standard InChI is InChI=1S/C13H18N4O2/c1-7(2)11(18)5-12(19)15-9-4-10-8(3)16-17-13(10)14-6-9/h4,6-7,11,18H,5H2,1-3H3,(H,15,19)(H,14,16,17). The highest BCUT2D eigenvalue weighted by molar-refractivity contribution is 5.93. The zero-order chi connectivity index (χ0) is 14.0. The molecule has 0 saturated carbocycles. The number of aromatic amines is 1. The summed E-state index contributed by atoms with van der Waals surface area (Å²) in [5.74, 6) is -0.161. The number of hydrogen-bond acceptors (Lipinski definition) is 4. The Morgan fingerprint density at radius 1 is 1.53 bits per heavy atom. The number of nitrogens with zero attached hydrogens (tertiary/aromatic N) is 2. The van der Waals surface area contributed by atoms with Crippen LogP contribution in [0.15, 0.2) is 12.3 Å². The van der Waals surface area contributed by atoms with Crippen LogP contribution >= 0.6 is 0 Å². The Morgan fingerprint density at radius 3 is 2.95 bits per heavy atom. The van der Waals surface area contributed by atoms with Crippen molar-refractivity contribution in [3.05, 3.63) is 18.0 Å². The molecule has 0 aliphatic rings. The fourth-order valence-corrected chi connectivity index (χ4v) is 1.73. The number of nitrogens with one attached hydrogen (secondary N) is 2. The largest absolute Gasteiger partial charge is 0.392 e. The molecule has 6 heteroatoms. The normalized spacial score (nSPS) is 12.9. The van der Waals surface area contributed by atoms with Gasteiger partial charge >= 0.3 is 0 Å². The quantitative estimate of drug-likeness (QED) is 0.780. The topological polar surface area (TPSA) is 90.9 Å². The number of aromatic nitrogens is 3. The van der Waals surface area contributed by atoms with Gasteiger partial charge in [-0.3, -0.25) is 9.89 Å².